The van der Waals surface area contributed by atoms with Crippen LogP contribution in [0, 0.1) is 0 Å². The summed E-state index contributed by atoms with van der Waals surface area (Å²) < 4.78 is 3.14. The monoisotopic (exact) mass is 381 g/mol. The Morgan fingerprint density at radius 3 is 2.64 bits per heavy atom. The molecule has 10 nitrogen and oxygen atoms in total. The first-order valence-electron chi connectivity index (χ1n) is 9.31. The maximum atomic E-state index is 12.3. The third kappa shape index (κ3) is 3.85. The van der Waals surface area contributed by atoms with Crippen LogP contribution in [0.4, 0.5) is 11.6 Å². The molecule has 1 aliphatic carbocycles. The zero-order chi connectivity index (χ0) is 19.5. The van der Waals surface area contributed by atoms with Gasteiger partial charge in [-0.3, -0.25) is 4.79 Å². The molecule has 0 aliphatic heterocycles. The Labute approximate surface area is 162 Å². The zero-order valence-corrected chi connectivity index (χ0v) is 15.9. The number of nitrogens with one attached hydrogen (secondary N) is 1. The van der Waals surface area contributed by atoms with Crippen LogP contribution in [0.2, 0.25) is 0 Å². The standard InChI is InChI=1S/C18H23N9O/c1-25(2)17-9-15(20-11-21-17)23-13-3-5-14(6-4-13)27-18(28)8-7-16(24-27)26-12-19-10-22-26/h7-14H,3-6H2,1-2H3,(H,20,21,23). The molecule has 3 aromatic rings. The maximum Gasteiger partial charge on any atom is 0.267 e. The van der Waals surface area contributed by atoms with Crippen molar-refractivity contribution in [3.63, 3.8) is 0 Å². The third-order valence-corrected chi connectivity index (χ3v) is 4.97. The zero-order valence-electron chi connectivity index (χ0n) is 15.9. The van der Waals surface area contributed by atoms with E-state index in [1.807, 2.05) is 25.1 Å². The molecule has 0 saturated heterocycles. The van der Waals surface area contributed by atoms with E-state index in [9.17, 15) is 4.79 Å². The van der Waals surface area contributed by atoms with Crippen LogP contribution in [0.15, 0.2) is 42.0 Å². The fraction of sp³-hybridized carbons (Fsp3) is 0.444. The molecule has 0 aromatic carbocycles. The quantitative estimate of drug-likeness (QED) is 0.704. The minimum Gasteiger partial charge on any atom is -0.367 e. The Kier molecular flexibility index (Phi) is 5.00. The molecule has 0 unspecified atom stereocenters. The molecule has 1 saturated carbocycles. The summed E-state index contributed by atoms with van der Waals surface area (Å²) in [5.41, 5.74) is -0.0910. The Hall–Kier alpha value is -3.30. The van der Waals surface area contributed by atoms with E-state index in [-0.39, 0.29) is 11.6 Å². The first-order chi connectivity index (χ1) is 13.6. The molecule has 146 valence electrons. The second-order valence-corrected chi connectivity index (χ2v) is 7.12. The predicted octanol–water partition coefficient (Wildman–Crippen LogP) is 1.28. The molecule has 0 radical (unpaired) electrons. The van der Waals surface area contributed by atoms with Gasteiger partial charge in [0.25, 0.3) is 5.56 Å². The van der Waals surface area contributed by atoms with Gasteiger partial charge in [-0.15, -0.1) is 5.10 Å². The number of aromatic nitrogens is 7. The van der Waals surface area contributed by atoms with E-state index in [1.54, 1.807) is 28.1 Å². The van der Waals surface area contributed by atoms with Crippen LogP contribution in [0.3, 0.4) is 0 Å². The second-order valence-electron chi connectivity index (χ2n) is 7.12. The molecule has 0 atom stereocenters. The first kappa shape index (κ1) is 18.1. The summed E-state index contributed by atoms with van der Waals surface area (Å²) in [5.74, 6) is 2.28. The average molecular weight is 381 g/mol. The summed E-state index contributed by atoms with van der Waals surface area (Å²) in [6, 6.07) is 5.54. The SMILES string of the molecule is CN(C)c1cc(NC2CCC(n3nc(-n4cncn4)ccc3=O)CC2)ncn1. The van der Waals surface area contributed by atoms with Gasteiger partial charge in [0, 0.05) is 32.3 Å². The molecule has 3 heterocycles. The summed E-state index contributed by atoms with van der Waals surface area (Å²) >= 11 is 0. The summed E-state index contributed by atoms with van der Waals surface area (Å²) in [6.45, 7) is 0. The highest BCUT2D eigenvalue weighted by Gasteiger charge is 2.24. The van der Waals surface area contributed by atoms with Gasteiger partial charge >= 0.3 is 0 Å². The second kappa shape index (κ2) is 7.75. The van der Waals surface area contributed by atoms with Crippen LogP contribution in [-0.4, -0.2) is 54.7 Å². The number of anilines is 2. The van der Waals surface area contributed by atoms with Crippen LogP contribution in [-0.2, 0) is 0 Å². The van der Waals surface area contributed by atoms with Gasteiger partial charge in [0.15, 0.2) is 5.82 Å². The third-order valence-electron chi connectivity index (χ3n) is 4.97. The van der Waals surface area contributed by atoms with E-state index in [1.165, 1.54) is 12.4 Å². The molecule has 0 bridgehead atoms. The van der Waals surface area contributed by atoms with Crippen molar-refractivity contribution in [2.75, 3.05) is 24.3 Å². The molecular weight excluding hydrogens is 358 g/mol. The molecule has 1 aliphatic rings. The van der Waals surface area contributed by atoms with Gasteiger partial charge in [0.1, 0.15) is 30.6 Å². The number of hydrogen-bond acceptors (Lipinski definition) is 8. The number of hydrogen-bond donors (Lipinski definition) is 1. The van der Waals surface area contributed by atoms with E-state index in [0.717, 1.165) is 37.3 Å². The Morgan fingerprint density at radius 2 is 1.93 bits per heavy atom. The van der Waals surface area contributed by atoms with E-state index >= 15 is 0 Å². The molecule has 0 amide bonds. The van der Waals surface area contributed by atoms with Gasteiger partial charge in [-0.2, -0.15) is 5.10 Å². The highest BCUT2D eigenvalue weighted by molar-refractivity contribution is 5.47. The Morgan fingerprint density at radius 1 is 1.11 bits per heavy atom. The molecule has 3 aromatic heterocycles. The predicted molar refractivity (Wildman–Crippen MR) is 105 cm³/mol. The van der Waals surface area contributed by atoms with Crippen LogP contribution >= 0.6 is 0 Å². The highest BCUT2D eigenvalue weighted by atomic mass is 16.1. The molecular formula is C18H23N9O. The number of rotatable bonds is 5. The van der Waals surface area contributed by atoms with Crippen LogP contribution in [0.1, 0.15) is 31.7 Å². The fourth-order valence-corrected chi connectivity index (χ4v) is 3.47. The van der Waals surface area contributed by atoms with E-state index in [4.69, 9.17) is 0 Å². The van der Waals surface area contributed by atoms with E-state index in [2.05, 4.69) is 30.5 Å². The van der Waals surface area contributed by atoms with Crippen molar-refractivity contribution in [3.05, 3.63) is 47.5 Å². The minimum atomic E-state index is -0.0910. The van der Waals surface area contributed by atoms with Gasteiger partial charge in [-0.25, -0.2) is 24.3 Å². The van der Waals surface area contributed by atoms with Crippen LogP contribution in [0.5, 0.6) is 0 Å². The van der Waals surface area contributed by atoms with Crippen molar-refractivity contribution >= 4 is 11.6 Å². The smallest absolute Gasteiger partial charge is 0.267 e. The van der Waals surface area contributed by atoms with Crippen molar-refractivity contribution in [1.82, 2.24) is 34.5 Å². The van der Waals surface area contributed by atoms with Gasteiger partial charge in [-0.05, 0) is 31.7 Å². The van der Waals surface area contributed by atoms with Gasteiger partial charge < -0.3 is 10.2 Å². The number of nitrogens with zero attached hydrogens (tertiary/aromatic N) is 8. The highest BCUT2D eigenvalue weighted by Crippen LogP contribution is 2.29. The molecule has 1 N–H and O–H groups in total. The van der Waals surface area contributed by atoms with Gasteiger partial charge in [-0.1, -0.05) is 0 Å². The van der Waals surface area contributed by atoms with Crippen molar-refractivity contribution in [2.45, 2.75) is 37.8 Å². The fourth-order valence-electron chi connectivity index (χ4n) is 3.47. The van der Waals surface area contributed by atoms with E-state index < -0.39 is 0 Å². The van der Waals surface area contributed by atoms with E-state index in [0.29, 0.717) is 11.9 Å². The van der Waals surface area contributed by atoms with Gasteiger partial charge in [0.05, 0.1) is 6.04 Å². The molecule has 0 spiro atoms. The lowest BCUT2D eigenvalue weighted by atomic mass is 9.91. The molecule has 4 rings (SSSR count). The lowest BCUT2D eigenvalue weighted by Crippen LogP contribution is -2.33. The van der Waals surface area contributed by atoms with Gasteiger partial charge in [0.2, 0.25) is 0 Å². The summed E-state index contributed by atoms with van der Waals surface area (Å²) in [5, 5.41) is 12.1. The minimum absolute atomic E-state index is 0.0803. The molecule has 28 heavy (non-hydrogen) atoms. The molecule has 10 heteroatoms. The van der Waals surface area contributed by atoms with Crippen molar-refractivity contribution in [1.29, 1.82) is 0 Å². The normalized spacial score (nSPS) is 19.4. The average Bonchev–Trinajstić information content (AvgIpc) is 3.24. The molecule has 1 fully saturated rings. The van der Waals surface area contributed by atoms with Crippen LogP contribution in [0.25, 0.3) is 5.82 Å². The lowest BCUT2D eigenvalue weighted by Gasteiger charge is -2.30. The van der Waals surface area contributed by atoms with Crippen molar-refractivity contribution < 1.29 is 0 Å². The van der Waals surface area contributed by atoms with Crippen LogP contribution < -0.4 is 15.8 Å². The largest absolute Gasteiger partial charge is 0.367 e. The lowest BCUT2D eigenvalue weighted by molar-refractivity contribution is 0.302. The maximum absolute atomic E-state index is 12.3. The van der Waals surface area contributed by atoms with Crippen molar-refractivity contribution in [2.24, 2.45) is 0 Å². The summed E-state index contributed by atoms with van der Waals surface area (Å²) in [7, 11) is 3.91. The summed E-state index contributed by atoms with van der Waals surface area (Å²) in [4.78, 5) is 26.8. The topological polar surface area (TPSA) is 107 Å². The Bertz CT molecular complexity index is 975. The van der Waals surface area contributed by atoms with Crippen molar-refractivity contribution in [3.8, 4) is 5.82 Å². The first-order valence-corrected chi connectivity index (χ1v) is 9.31. The summed E-state index contributed by atoms with van der Waals surface area (Å²) in [6.07, 6.45) is 8.21. The Balaban J connectivity index is 1.42.